The zero-order chi connectivity index (χ0) is 14.8. The summed E-state index contributed by atoms with van der Waals surface area (Å²) in [5.74, 6) is -0.157. The van der Waals surface area contributed by atoms with Crippen LogP contribution < -0.4 is 11.1 Å². The van der Waals surface area contributed by atoms with Gasteiger partial charge in [-0.3, -0.25) is 9.48 Å². The number of amides is 1. The molecule has 112 valence electrons. The molecule has 1 fully saturated rings. The molecule has 1 saturated heterocycles. The van der Waals surface area contributed by atoms with E-state index in [-0.39, 0.29) is 17.6 Å². The summed E-state index contributed by atoms with van der Waals surface area (Å²) in [6, 6.07) is 0.130. The summed E-state index contributed by atoms with van der Waals surface area (Å²) < 4.78 is 7.43. The lowest BCUT2D eigenvalue weighted by Crippen LogP contribution is -2.48. The van der Waals surface area contributed by atoms with Crippen molar-refractivity contribution in [3.8, 4) is 0 Å². The van der Waals surface area contributed by atoms with Crippen LogP contribution in [0.4, 0.5) is 5.69 Å². The molecule has 2 heterocycles. The van der Waals surface area contributed by atoms with Gasteiger partial charge in [0.2, 0.25) is 0 Å². The molecule has 1 amide bonds. The smallest absolute Gasteiger partial charge is 0.271 e. The minimum absolute atomic E-state index is 0.103. The van der Waals surface area contributed by atoms with Crippen LogP contribution in [0.2, 0.25) is 0 Å². The lowest BCUT2D eigenvalue weighted by atomic mass is 9.86. The Hall–Kier alpha value is -1.56. The van der Waals surface area contributed by atoms with E-state index < -0.39 is 0 Å². The molecule has 20 heavy (non-hydrogen) atoms. The van der Waals surface area contributed by atoms with Crippen LogP contribution in [-0.2, 0) is 11.8 Å². The fourth-order valence-corrected chi connectivity index (χ4v) is 2.88. The van der Waals surface area contributed by atoms with Crippen molar-refractivity contribution in [2.75, 3.05) is 12.3 Å². The van der Waals surface area contributed by atoms with Crippen molar-refractivity contribution in [3.63, 3.8) is 0 Å². The lowest BCUT2D eigenvalue weighted by Gasteiger charge is -2.40. The zero-order valence-electron chi connectivity index (χ0n) is 12.5. The SMILES string of the molecule is CCC1(CC)CC(NC(=O)c2c(N)cnn2C)CCO1. The number of carbonyl (C=O) groups excluding carboxylic acids is 1. The minimum atomic E-state index is -0.157. The van der Waals surface area contributed by atoms with Gasteiger partial charge >= 0.3 is 0 Å². The number of anilines is 1. The summed E-state index contributed by atoms with van der Waals surface area (Å²) in [4.78, 5) is 12.3. The molecule has 0 aromatic carbocycles. The first-order valence-corrected chi connectivity index (χ1v) is 7.23. The van der Waals surface area contributed by atoms with Crippen molar-refractivity contribution in [1.82, 2.24) is 15.1 Å². The number of aromatic nitrogens is 2. The number of nitrogens with zero attached hydrogens (tertiary/aromatic N) is 2. The predicted molar refractivity (Wildman–Crippen MR) is 77.4 cm³/mol. The van der Waals surface area contributed by atoms with Crippen LogP contribution in [0.3, 0.4) is 0 Å². The first kappa shape index (κ1) is 14.8. The van der Waals surface area contributed by atoms with E-state index in [1.807, 2.05) is 0 Å². The largest absolute Gasteiger partial charge is 0.396 e. The van der Waals surface area contributed by atoms with Crippen LogP contribution in [0.15, 0.2) is 6.20 Å². The molecule has 1 aromatic heterocycles. The maximum atomic E-state index is 12.3. The van der Waals surface area contributed by atoms with Crippen LogP contribution in [0.5, 0.6) is 0 Å². The van der Waals surface area contributed by atoms with Gasteiger partial charge in [0.05, 0.1) is 17.5 Å². The lowest BCUT2D eigenvalue weighted by molar-refractivity contribution is -0.0918. The molecule has 3 N–H and O–H groups in total. The van der Waals surface area contributed by atoms with Gasteiger partial charge in [-0.1, -0.05) is 13.8 Å². The highest BCUT2D eigenvalue weighted by Gasteiger charge is 2.35. The maximum Gasteiger partial charge on any atom is 0.271 e. The summed E-state index contributed by atoms with van der Waals surface area (Å²) in [5.41, 5.74) is 6.52. The van der Waals surface area contributed by atoms with E-state index in [1.165, 1.54) is 10.9 Å². The van der Waals surface area contributed by atoms with Crippen LogP contribution in [0.1, 0.15) is 50.0 Å². The Morgan fingerprint density at radius 2 is 2.30 bits per heavy atom. The van der Waals surface area contributed by atoms with Gasteiger partial charge in [-0.25, -0.2) is 0 Å². The first-order chi connectivity index (χ1) is 9.51. The third-order valence-electron chi connectivity index (χ3n) is 4.30. The molecule has 0 spiro atoms. The molecular weight excluding hydrogens is 256 g/mol. The number of aryl methyl sites for hydroxylation is 1. The van der Waals surface area contributed by atoms with E-state index in [2.05, 4.69) is 24.3 Å². The fourth-order valence-electron chi connectivity index (χ4n) is 2.88. The Morgan fingerprint density at radius 1 is 1.60 bits per heavy atom. The standard InChI is InChI=1S/C14H24N4O2/c1-4-14(5-2)8-10(6-7-20-14)17-13(19)12-11(15)9-16-18(12)3/h9-10H,4-8,15H2,1-3H3,(H,17,19). The highest BCUT2D eigenvalue weighted by molar-refractivity contribution is 5.97. The normalized spacial score (nSPS) is 21.6. The molecule has 0 saturated carbocycles. The molecule has 0 bridgehead atoms. The molecule has 2 rings (SSSR count). The summed E-state index contributed by atoms with van der Waals surface area (Å²) in [6.07, 6.45) is 5.11. The number of nitrogen functional groups attached to an aromatic ring is 1. The number of ether oxygens (including phenoxy) is 1. The van der Waals surface area contributed by atoms with Crippen LogP contribution >= 0.6 is 0 Å². The summed E-state index contributed by atoms with van der Waals surface area (Å²) in [7, 11) is 1.72. The van der Waals surface area contributed by atoms with Gasteiger partial charge in [0.1, 0.15) is 5.69 Å². The molecule has 1 unspecified atom stereocenters. The van der Waals surface area contributed by atoms with E-state index in [0.29, 0.717) is 18.0 Å². The van der Waals surface area contributed by atoms with Gasteiger partial charge in [0.15, 0.2) is 0 Å². The van der Waals surface area contributed by atoms with Crippen LogP contribution in [-0.4, -0.2) is 33.9 Å². The van der Waals surface area contributed by atoms with Gasteiger partial charge in [-0.05, 0) is 25.7 Å². The fraction of sp³-hybridized carbons (Fsp3) is 0.714. The maximum absolute atomic E-state index is 12.3. The van der Waals surface area contributed by atoms with Gasteiger partial charge in [-0.15, -0.1) is 0 Å². The van der Waals surface area contributed by atoms with E-state index in [9.17, 15) is 4.79 Å². The second-order valence-electron chi connectivity index (χ2n) is 5.47. The number of hydrogen-bond donors (Lipinski definition) is 2. The molecule has 1 aromatic rings. The summed E-state index contributed by atoms with van der Waals surface area (Å²) in [5, 5.41) is 7.06. The van der Waals surface area contributed by atoms with Crippen LogP contribution in [0.25, 0.3) is 0 Å². The first-order valence-electron chi connectivity index (χ1n) is 7.23. The molecule has 1 aliphatic rings. The zero-order valence-corrected chi connectivity index (χ0v) is 12.5. The number of hydrogen-bond acceptors (Lipinski definition) is 4. The van der Waals surface area contributed by atoms with Crippen molar-refractivity contribution in [2.24, 2.45) is 7.05 Å². The minimum Gasteiger partial charge on any atom is -0.396 e. The average molecular weight is 280 g/mol. The Balaban J connectivity index is 2.05. The number of nitrogens with one attached hydrogen (secondary N) is 1. The number of rotatable bonds is 4. The van der Waals surface area contributed by atoms with Crippen molar-refractivity contribution < 1.29 is 9.53 Å². The predicted octanol–water partition coefficient (Wildman–Crippen LogP) is 1.47. The van der Waals surface area contributed by atoms with E-state index in [4.69, 9.17) is 10.5 Å². The molecule has 1 aliphatic heterocycles. The van der Waals surface area contributed by atoms with Gasteiger partial charge < -0.3 is 15.8 Å². The molecule has 6 nitrogen and oxygen atoms in total. The highest BCUT2D eigenvalue weighted by Crippen LogP contribution is 2.31. The van der Waals surface area contributed by atoms with Crippen LogP contribution in [0, 0.1) is 0 Å². The Bertz CT molecular complexity index is 460. The highest BCUT2D eigenvalue weighted by atomic mass is 16.5. The van der Waals surface area contributed by atoms with Crippen molar-refractivity contribution in [2.45, 2.75) is 51.2 Å². The third kappa shape index (κ3) is 2.80. The van der Waals surface area contributed by atoms with E-state index in [0.717, 1.165) is 25.7 Å². The molecular formula is C14H24N4O2. The van der Waals surface area contributed by atoms with E-state index in [1.54, 1.807) is 7.05 Å². The number of nitrogens with two attached hydrogens (primary N) is 1. The Kier molecular flexibility index (Phi) is 4.32. The van der Waals surface area contributed by atoms with E-state index >= 15 is 0 Å². The molecule has 6 heteroatoms. The summed E-state index contributed by atoms with van der Waals surface area (Å²) in [6.45, 7) is 4.95. The van der Waals surface area contributed by atoms with Gasteiger partial charge in [0.25, 0.3) is 5.91 Å². The second kappa shape index (κ2) is 5.83. The van der Waals surface area contributed by atoms with Crippen molar-refractivity contribution in [3.05, 3.63) is 11.9 Å². The van der Waals surface area contributed by atoms with Crippen molar-refractivity contribution in [1.29, 1.82) is 0 Å². The monoisotopic (exact) mass is 280 g/mol. The molecule has 0 aliphatic carbocycles. The second-order valence-corrected chi connectivity index (χ2v) is 5.47. The van der Waals surface area contributed by atoms with Gasteiger partial charge in [0, 0.05) is 19.7 Å². The Labute approximate surface area is 119 Å². The van der Waals surface area contributed by atoms with Crippen molar-refractivity contribution >= 4 is 11.6 Å². The molecule has 1 atom stereocenters. The number of carbonyl (C=O) groups is 1. The average Bonchev–Trinajstić information content (AvgIpc) is 2.78. The van der Waals surface area contributed by atoms with Gasteiger partial charge in [-0.2, -0.15) is 5.10 Å². The molecule has 0 radical (unpaired) electrons. The third-order valence-corrected chi connectivity index (χ3v) is 4.30. The topological polar surface area (TPSA) is 82.2 Å². The quantitative estimate of drug-likeness (QED) is 0.875. The summed E-state index contributed by atoms with van der Waals surface area (Å²) >= 11 is 0. The Morgan fingerprint density at radius 3 is 2.85 bits per heavy atom.